The number of aryl methyl sites for hydroxylation is 2. The Labute approximate surface area is 160 Å². The zero-order valence-electron chi connectivity index (χ0n) is 16.4. The van der Waals surface area contributed by atoms with E-state index in [4.69, 9.17) is 0 Å². The highest BCUT2D eigenvalue weighted by molar-refractivity contribution is 5.79. The number of nitrogens with zero attached hydrogens (tertiary/aromatic N) is 4. The summed E-state index contributed by atoms with van der Waals surface area (Å²) in [4.78, 5) is 4.67. The summed E-state index contributed by atoms with van der Waals surface area (Å²) in [5, 5.41) is 15.2. The number of hydrogen-bond acceptors (Lipinski definition) is 3. The number of guanidine groups is 1. The van der Waals surface area contributed by atoms with E-state index in [2.05, 4.69) is 64.8 Å². The van der Waals surface area contributed by atoms with Gasteiger partial charge in [-0.3, -0.25) is 9.39 Å². The second-order valence-corrected chi connectivity index (χ2v) is 6.73. The number of fused-ring (bicyclic) bond motifs is 1. The van der Waals surface area contributed by atoms with Crippen molar-refractivity contribution < 1.29 is 0 Å². The maximum atomic E-state index is 4.67. The molecule has 0 bridgehead atoms. The third-order valence-electron chi connectivity index (χ3n) is 4.32. The van der Waals surface area contributed by atoms with Crippen LogP contribution in [0.4, 0.5) is 0 Å². The van der Waals surface area contributed by atoms with Gasteiger partial charge in [-0.2, -0.15) is 0 Å². The molecule has 3 aromatic rings. The normalized spacial score (nSPS) is 11.7. The van der Waals surface area contributed by atoms with Crippen molar-refractivity contribution in [3.8, 4) is 0 Å². The molecule has 0 spiro atoms. The Kier molecular flexibility index (Phi) is 6.41. The Bertz CT molecular complexity index is 892. The summed E-state index contributed by atoms with van der Waals surface area (Å²) in [5.41, 5.74) is 4.85. The predicted octanol–water partition coefficient (Wildman–Crippen LogP) is 2.69. The summed E-state index contributed by atoms with van der Waals surface area (Å²) in [6.07, 6.45) is 3.71. The molecule has 3 rings (SSSR count). The van der Waals surface area contributed by atoms with Crippen LogP contribution in [0.2, 0.25) is 0 Å². The highest BCUT2D eigenvalue weighted by atomic mass is 15.2. The molecule has 0 saturated carbocycles. The zero-order valence-corrected chi connectivity index (χ0v) is 16.4. The van der Waals surface area contributed by atoms with Crippen molar-refractivity contribution in [3.05, 3.63) is 65.1 Å². The molecular weight excluding hydrogens is 336 g/mol. The number of rotatable bonds is 7. The van der Waals surface area contributed by atoms with Gasteiger partial charge in [0.05, 0.1) is 0 Å². The number of hydrogen-bond donors (Lipinski definition) is 2. The molecule has 0 unspecified atom stereocenters. The fraction of sp³-hybridized carbons (Fsp3) is 0.381. The number of nitrogens with one attached hydrogen (secondary N) is 2. The Morgan fingerprint density at radius 3 is 2.63 bits per heavy atom. The minimum atomic E-state index is 0.661. The molecular formula is C21H28N6. The first-order valence-corrected chi connectivity index (χ1v) is 9.53. The van der Waals surface area contributed by atoms with E-state index in [1.807, 2.05) is 28.8 Å². The van der Waals surface area contributed by atoms with Crippen LogP contribution in [-0.4, -0.2) is 40.2 Å². The van der Waals surface area contributed by atoms with Crippen molar-refractivity contribution in [3.63, 3.8) is 0 Å². The topological polar surface area (TPSA) is 66.6 Å². The lowest BCUT2D eigenvalue weighted by atomic mass is 10.1. The van der Waals surface area contributed by atoms with Gasteiger partial charge in [-0.25, -0.2) is 0 Å². The van der Waals surface area contributed by atoms with Gasteiger partial charge in [0.25, 0.3) is 0 Å². The standard InChI is InChI=1S/C21H28N6/c1-4-22-21(23-10-8-18-14-16(2)13-17(3)15-18)24-11-9-20-26-25-19-7-5-6-12-27(19)20/h5-7,12-15H,4,8-11H2,1-3H3,(H2,22,23,24). The van der Waals surface area contributed by atoms with E-state index < -0.39 is 0 Å². The number of pyridine rings is 1. The number of aliphatic imine (C=N–C) groups is 1. The lowest BCUT2D eigenvalue weighted by molar-refractivity contribution is 0.785. The third-order valence-corrected chi connectivity index (χ3v) is 4.32. The molecule has 0 amide bonds. The molecule has 2 N–H and O–H groups in total. The molecule has 6 nitrogen and oxygen atoms in total. The Balaban J connectivity index is 1.54. The highest BCUT2D eigenvalue weighted by Crippen LogP contribution is 2.09. The second-order valence-electron chi connectivity index (χ2n) is 6.73. The third kappa shape index (κ3) is 5.29. The quantitative estimate of drug-likeness (QED) is 0.500. The smallest absolute Gasteiger partial charge is 0.191 e. The highest BCUT2D eigenvalue weighted by Gasteiger charge is 2.04. The van der Waals surface area contributed by atoms with Crippen molar-refractivity contribution in [2.75, 3.05) is 19.6 Å². The first kappa shape index (κ1) is 18.9. The summed E-state index contributed by atoms with van der Waals surface area (Å²) in [6.45, 7) is 8.71. The van der Waals surface area contributed by atoms with Gasteiger partial charge < -0.3 is 10.6 Å². The molecule has 1 aromatic carbocycles. The van der Waals surface area contributed by atoms with Gasteiger partial charge in [-0.15, -0.1) is 10.2 Å². The number of aromatic nitrogens is 3. The molecule has 0 aliphatic heterocycles. The van der Waals surface area contributed by atoms with E-state index in [-0.39, 0.29) is 0 Å². The summed E-state index contributed by atoms with van der Waals surface area (Å²) >= 11 is 0. The second kappa shape index (κ2) is 9.16. The predicted molar refractivity (Wildman–Crippen MR) is 110 cm³/mol. The van der Waals surface area contributed by atoms with Gasteiger partial charge in [0.15, 0.2) is 11.6 Å². The molecule has 2 aromatic heterocycles. The zero-order chi connectivity index (χ0) is 19.1. The van der Waals surface area contributed by atoms with Crippen LogP contribution in [0.3, 0.4) is 0 Å². The SMILES string of the molecule is CCNC(=NCCc1nnc2ccccn12)NCCc1cc(C)cc(C)c1. The summed E-state index contributed by atoms with van der Waals surface area (Å²) < 4.78 is 2.01. The first-order chi connectivity index (χ1) is 13.2. The molecule has 0 saturated heterocycles. The van der Waals surface area contributed by atoms with E-state index in [1.54, 1.807) is 0 Å². The van der Waals surface area contributed by atoms with Crippen molar-refractivity contribution >= 4 is 11.6 Å². The van der Waals surface area contributed by atoms with Crippen LogP contribution in [0.1, 0.15) is 29.4 Å². The Morgan fingerprint density at radius 1 is 1.04 bits per heavy atom. The summed E-state index contributed by atoms with van der Waals surface area (Å²) in [7, 11) is 0. The fourth-order valence-electron chi connectivity index (χ4n) is 3.21. The molecule has 0 aliphatic rings. The average Bonchev–Trinajstić information content (AvgIpc) is 3.04. The molecule has 27 heavy (non-hydrogen) atoms. The van der Waals surface area contributed by atoms with Gasteiger partial charge >= 0.3 is 0 Å². The van der Waals surface area contributed by atoms with Crippen LogP contribution in [0.5, 0.6) is 0 Å². The minimum Gasteiger partial charge on any atom is -0.357 e. The van der Waals surface area contributed by atoms with E-state index >= 15 is 0 Å². The maximum absolute atomic E-state index is 4.67. The van der Waals surface area contributed by atoms with Crippen molar-refractivity contribution in [1.29, 1.82) is 0 Å². The van der Waals surface area contributed by atoms with E-state index in [9.17, 15) is 0 Å². The number of benzene rings is 1. The van der Waals surface area contributed by atoms with Crippen LogP contribution in [0.15, 0.2) is 47.6 Å². The maximum Gasteiger partial charge on any atom is 0.191 e. The van der Waals surface area contributed by atoms with Gasteiger partial charge in [0, 0.05) is 32.3 Å². The van der Waals surface area contributed by atoms with Crippen molar-refractivity contribution in [2.24, 2.45) is 4.99 Å². The fourth-order valence-corrected chi connectivity index (χ4v) is 3.21. The van der Waals surface area contributed by atoms with E-state index in [0.717, 1.165) is 43.4 Å². The van der Waals surface area contributed by atoms with Crippen molar-refractivity contribution in [1.82, 2.24) is 25.2 Å². The van der Waals surface area contributed by atoms with Crippen LogP contribution in [-0.2, 0) is 12.8 Å². The lowest BCUT2D eigenvalue weighted by Crippen LogP contribution is -2.38. The molecule has 0 radical (unpaired) electrons. The molecule has 0 aliphatic carbocycles. The van der Waals surface area contributed by atoms with Crippen LogP contribution >= 0.6 is 0 Å². The van der Waals surface area contributed by atoms with Crippen LogP contribution in [0.25, 0.3) is 5.65 Å². The van der Waals surface area contributed by atoms with Crippen LogP contribution in [0, 0.1) is 13.8 Å². The Hall–Kier alpha value is -2.89. The van der Waals surface area contributed by atoms with Gasteiger partial charge in [-0.1, -0.05) is 35.4 Å². The first-order valence-electron chi connectivity index (χ1n) is 9.53. The molecule has 6 heteroatoms. The lowest BCUT2D eigenvalue weighted by Gasteiger charge is -2.12. The van der Waals surface area contributed by atoms with Gasteiger partial charge in [0.2, 0.25) is 0 Å². The molecule has 0 fully saturated rings. The van der Waals surface area contributed by atoms with Gasteiger partial charge in [0.1, 0.15) is 5.82 Å². The molecule has 0 atom stereocenters. The minimum absolute atomic E-state index is 0.661. The van der Waals surface area contributed by atoms with Gasteiger partial charge in [-0.05, 0) is 44.9 Å². The van der Waals surface area contributed by atoms with Crippen LogP contribution < -0.4 is 10.6 Å². The largest absolute Gasteiger partial charge is 0.357 e. The summed E-state index contributed by atoms with van der Waals surface area (Å²) in [5.74, 6) is 1.77. The molecule has 2 heterocycles. The van der Waals surface area contributed by atoms with Crippen molar-refractivity contribution in [2.45, 2.75) is 33.6 Å². The van der Waals surface area contributed by atoms with E-state index in [1.165, 1.54) is 16.7 Å². The average molecular weight is 364 g/mol. The summed E-state index contributed by atoms with van der Waals surface area (Å²) in [6, 6.07) is 12.6. The molecule has 142 valence electrons. The van der Waals surface area contributed by atoms with E-state index in [0.29, 0.717) is 6.54 Å². The Morgan fingerprint density at radius 2 is 1.85 bits per heavy atom. The monoisotopic (exact) mass is 364 g/mol.